The number of hydrogen-bond donors (Lipinski definition) is 1. The molecule has 1 N–H and O–H groups in total. The molecule has 0 bridgehead atoms. The van der Waals surface area contributed by atoms with Gasteiger partial charge in [-0.05, 0) is 29.7 Å². The summed E-state index contributed by atoms with van der Waals surface area (Å²) in [6, 6.07) is 4.92. The second-order valence-electron chi connectivity index (χ2n) is 6.07. The number of carbonyl (C=O) groups is 2. The molecule has 120 valence electrons. The molecular weight excluding hydrogens is 323 g/mol. The van der Waals surface area contributed by atoms with Crippen LogP contribution in [-0.2, 0) is 16.0 Å². The quantitative estimate of drug-likeness (QED) is 0.894. The van der Waals surface area contributed by atoms with E-state index in [1.165, 1.54) is 0 Å². The summed E-state index contributed by atoms with van der Waals surface area (Å²) in [6.45, 7) is 5.44. The largest absolute Gasteiger partial charge is 0.351 e. The average molecular weight is 343 g/mol. The maximum absolute atomic E-state index is 12.1. The number of rotatable bonds is 5. The number of carbonyl (C=O) groups excluding carboxylic acids is 2. The van der Waals surface area contributed by atoms with E-state index >= 15 is 0 Å². The zero-order valence-corrected chi connectivity index (χ0v) is 14.2. The van der Waals surface area contributed by atoms with Crippen LogP contribution in [0.4, 0.5) is 0 Å². The molecule has 1 aliphatic heterocycles. The van der Waals surface area contributed by atoms with Crippen LogP contribution in [0.3, 0.4) is 0 Å². The summed E-state index contributed by atoms with van der Waals surface area (Å²) in [5, 5.41) is 3.97. The van der Waals surface area contributed by atoms with Crippen molar-refractivity contribution in [3.63, 3.8) is 0 Å². The molecule has 6 heteroatoms. The topological polar surface area (TPSA) is 49.4 Å². The van der Waals surface area contributed by atoms with Gasteiger partial charge in [0.05, 0.1) is 12.5 Å². The van der Waals surface area contributed by atoms with Gasteiger partial charge in [-0.3, -0.25) is 9.59 Å². The molecule has 2 rings (SSSR count). The number of likely N-dealkylation sites (tertiary alicyclic amines) is 1. The first-order valence-corrected chi connectivity index (χ1v) is 8.12. The molecule has 4 nitrogen and oxygen atoms in total. The predicted molar refractivity (Wildman–Crippen MR) is 88.1 cm³/mol. The Bertz CT molecular complexity index is 575. The third-order valence-electron chi connectivity index (χ3n) is 3.52. The molecule has 0 aromatic heterocycles. The second kappa shape index (κ2) is 7.34. The summed E-state index contributed by atoms with van der Waals surface area (Å²) in [7, 11) is 0. The first-order chi connectivity index (χ1) is 10.3. The van der Waals surface area contributed by atoms with E-state index in [1.54, 1.807) is 18.2 Å². The van der Waals surface area contributed by atoms with E-state index in [1.807, 2.05) is 4.90 Å². The lowest BCUT2D eigenvalue weighted by molar-refractivity contribution is -0.128. The van der Waals surface area contributed by atoms with Crippen LogP contribution in [0.5, 0.6) is 0 Å². The van der Waals surface area contributed by atoms with Crippen LogP contribution >= 0.6 is 23.2 Å². The minimum Gasteiger partial charge on any atom is -0.351 e. The van der Waals surface area contributed by atoms with Crippen molar-refractivity contribution >= 4 is 35.0 Å². The fourth-order valence-electron chi connectivity index (χ4n) is 2.62. The van der Waals surface area contributed by atoms with Crippen LogP contribution in [0.25, 0.3) is 0 Å². The third-order valence-corrected chi connectivity index (χ3v) is 4.13. The molecule has 1 unspecified atom stereocenters. The zero-order chi connectivity index (χ0) is 16.3. The maximum Gasteiger partial charge on any atom is 0.224 e. The Balaban J connectivity index is 1.90. The van der Waals surface area contributed by atoms with E-state index in [-0.39, 0.29) is 24.3 Å². The van der Waals surface area contributed by atoms with Gasteiger partial charge in [-0.2, -0.15) is 0 Å². The maximum atomic E-state index is 12.1. The molecule has 1 aromatic rings. The molecule has 22 heavy (non-hydrogen) atoms. The lowest BCUT2D eigenvalue weighted by Crippen LogP contribution is -2.38. The molecule has 0 radical (unpaired) electrons. The number of nitrogens with one attached hydrogen (secondary N) is 1. The van der Waals surface area contributed by atoms with Crippen LogP contribution in [0, 0.1) is 5.92 Å². The highest BCUT2D eigenvalue weighted by Crippen LogP contribution is 2.21. The zero-order valence-electron chi connectivity index (χ0n) is 12.7. The smallest absolute Gasteiger partial charge is 0.224 e. The van der Waals surface area contributed by atoms with Crippen molar-refractivity contribution in [3.05, 3.63) is 33.8 Å². The van der Waals surface area contributed by atoms with E-state index in [4.69, 9.17) is 23.2 Å². The Hall–Kier alpha value is -1.26. The average Bonchev–Trinajstić information content (AvgIpc) is 2.73. The minimum absolute atomic E-state index is 0.0970. The summed E-state index contributed by atoms with van der Waals surface area (Å²) >= 11 is 12.0. The first kappa shape index (κ1) is 17.1. The minimum atomic E-state index is -0.145. The van der Waals surface area contributed by atoms with Crippen molar-refractivity contribution in [1.82, 2.24) is 10.2 Å². The van der Waals surface area contributed by atoms with Crippen LogP contribution in [0.1, 0.15) is 25.8 Å². The van der Waals surface area contributed by atoms with Gasteiger partial charge in [0.25, 0.3) is 0 Å². The van der Waals surface area contributed by atoms with Gasteiger partial charge in [0.2, 0.25) is 11.8 Å². The van der Waals surface area contributed by atoms with Crippen molar-refractivity contribution in [2.45, 2.75) is 32.7 Å². The van der Waals surface area contributed by atoms with Crippen LogP contribution in [-0.4, -0.2) is 35.8 Å². The molecule has 1 aliphatic rings. The lowest BCUT2D eigenvalue weighted by atomic mass is 10.1. The van der Waals surface area contributed by atoms with Crippen LogP contribution in [0.2, 0.25) is 10.0 Å². The first-order valence-electron chi connectivity index (χ1n) is 7.36. The van der Waals surface area contributed by atoms with E-state index in [0.717, 1.165) is 6.54 Å². The predicted octanol–water partition coefficient (Wildman–Crippen LogP) is 2.91. The number of nitrogens with zero attached hydrogens (tertiary/aromatic N) is 1. The van der Waals surface area contributed by atoms with Crippen LogP contribution < -0.4 is 5.32 Å². The normalized spacial score (nSPS) is 18.1. The van der Waals surface area contributed by atoms with Gasteiger partial charge in [-0.15, -0.1) is 0 Å². The summed E-state index contributed by atoms with van der Waals surface area (Å²) in [4.78, 5) is 25.8. The molecule has 1 atom stereocenters. The van der Waals surface area contributed by atoms with Crippen molar-refractivity contribution < 1.29 is 9.59 Å². The van der Waals surface area contributed by atoms with E-state index in [9.17, 15) is 9.59 Å². The highest BCUT2D eigenvalue weighted by atomic mass is 35.5. The van der Waals surface area contributed by atoms with Crippen molar-refractivity contribution in [2.24, 2.45) is 5.92 Å². The monoisotopic (exact) mass is 342 g/mol. The summed E-state index contributed by atoms with van der Waals surface area (Å²) < 4.78 is 0. The summed E-state index contributed by atoms with van der Waals surface area (Å²) in [5.41, 5.74) is 0.690. The molecular formula is C16H20Cl2N2O2. The van der Waals surface area contributed by atoms with Gasteiger partial charge in [0.15, 0.2) is 0 Å². The number of amides is 2. The van der Waals surface area contributed by atoms with Gasteiger partial charge < -0.3 is 10.2 Å². The highest BCUT2D eigenvalue weighted by Gasteiger charge is 2.30. The van der Waals surface area contributed by atoms with Crippen molar-refractivity contribution in [2.75, 3.05) is 13.1 Å². The number of benzene rings is 1. The Morgan fingerprint density at radius 1 is 1.41 bits per heavy atom. The second-order valence-corrected chi connectivity index (χ2v) is 6.92. The molecule has 2 amide bonds. The Kier molecular flexibility index (Phi) is 5.70. The molecule has 0 saturated carbocycles. The number of hydrogen-bond acceptors (Lipinski definition) is 2. The molecule has 1 fully saturated rings. The molecule has 1 aromatic carbocycles. The molecule has 1 saturated heterocycles. The van der Waals surface area contributed by atoms with Crippen LogP contribution in [0.15, 0.2) is 18.2 Å². The van der Waals surface area contributed by atoms with Crippen molar-refractivity contribution in [3.8, 4) is 0 Å². The third kappa shape index (κ3) is 4.62. The molecule has 0 spiro atoms. The van der Waals surface area contributed by atoms with Gasteiger partial charge in [-0.1, -0.05) is 37.0 Å². The SMILES string of the molecule is CC(C)CN1CC(NC(=O)Cc2cc(Cl)ccc2Cl)CC1=O. The Morgan fingerprint density at radius 3 is 2.82 bits per heavy atom. The van der Waals surface area contributed by atoms with Gasteiger partial charge in [0.1, 0.15) is 0 Å². The fourth-order valence-corrected chi connectivity index (χ4v) is 3.00. The summed E-state index contributed by atoms with van der Waals surface area (Å²) in [6.07, 6.45) is 0.524. The Labute approximate surface area is 140 Å². The summed E-state index contributed by atoms with van der Waals surface area (Å²) in [5.74, 6) is 0.372. The molecule has 1 heterocycles. The lowest BCUT2D eigenvalue weighted by Gasteiger charge is -2.19. The Morgan fingerprint density at radius 2 is 2.14 bits per heavy atom. The van der Waals surface area contributed by atoms with Gasteiger partial charge in [0, 0.05) is 29.6 Å². The van der Waals surface area contributed by atoms with Gasteiger partial charge >= 0.3 is 0 Å². The highest BCUT2D eigenvalue weighted by molar-refractivity contribution is 6.33. The van der Waals surface area contributed by atoms with Crippen molar-refractivity contribution in [1.29, 1.82) is 0 Å². The standard InChI is InChI=1S/C16H20Cl2N2O2/c1-10(2)8-20-9-13(7-16(20)22)19-15(21)6-11-5-12(17)3-4-14(11)18/h3-5,10,13H,6-9H2,1-2H3,(H,19,21). The fraction of sp³-hybridized carbons (Fsp3) is 0.500. The molecule has 0 aliphatic carbocycles. The van der Waals surface area contributed by atoms with E-state index in [0.29, 0.717) is 34.5 Å². The van der Waals surface area contributed by atoms with E-state index in [2.05, 4.69) is 19.2 Å². The van der Waals surface area contributed by atoms with E-state index < -0.39 is 0 Å². The van der Waals surface area contributed by atoms with Gasteiger partial charge in [-0.25, -0.2) is 0 Å². The number of halogens is 2.